The first-order valence-corrected chi connectivity index (χ1v) is 5.45. The number of piperidine rings is 1. The van der Waals surface area contributed by atoms with Gasteiger partial charge in [0.25, 0.3) is 0 Å². The molecule has 2 rings (SSSR count). The van der Waals surface area contributed by atoms with Gasteiger partial charge in [-0.05, 0) is 65.1 Å². The number of nitrogens with zero attached hydrogens (tertiary/aromatic N) is 1. The molecule has 0 unspecified atom stereocenters. The van der Waals surface area contributed by atoms with Gasteiger partial charge in [-0.15, -0.1) is 0 Å². The molecule has 0 aromatic rings. The summed E-state index contributed by atoms with van der Waals surface area (Å²) in [6.45, 7) is 7.15. The maximum Gasteiger partial charge on any atom is -0.00163 e. The Kier molecular flexibility index (Phi) is 2.23. The molecule has 0 bridgehead atoms. The molecule has 1 aliphatic carbocycles. The van der Waals surface area contributed by atoms with Gasteiger partial charge in [0.15, 0.2) is 0 Å². The molecule has 74 valence electrons. The largest absolute Gasteiger partial charge is 0.306 e. The van der Waals surface area contributed by atoms with E-state index in [0.717, 1.165) is 5.41 Å². The quantitative estimate of drug-likeness (QED) is 0.517. The molecule has 0 N–H and O–H groups in total. The summed E-state index contributed by atoms with van der Waals surface area (Å²) >= 11 is 0. The molecule has 1 nitrogen and oxygen atoms in total. The Morgan fingerprint density at radius 3 is 2.15 bits per heavy atom. The van der Waals surface area contributed by atoms with E-state index in [1.807, 2.05) is 0 Å². The normalized spacial score (nSPS) is 27.5. The molecule has 0 aromatic heterocycles. The smallest absolute Gasteiger partial charge is 0.00163 e. The van der Waals surface area contributed by atoms with Crippen molar-refractivity contribution in [2.75, 3.05) is 20.1 Å². The van der Waals surface area contributed by atoms with Crippen LogP contribution in [0.3, 0.4) is 0 Å². The van der Waals surface area contributed by atoms with Crippen molar-refractivity contribution in [3.05, 3.63) is 11.1 Å². The highest BCUT2D eigenvalue weighted by molar-refractivity contribution is 5.23. The highest BCUT2D eigenvalue weighted by atomic mass is 15.1. The van der Waals surface area contributed by atoms with E-state index in [9.17, 15) is 0 Å². The predicted octanol–water partition coefficient (Wildman–Crippen LogP) is 2.83. The molecular weight excluding hydrogens is 158 g/mol. The maximum atomic E-state index is 2.46. The first kappa shape index (κ1) is 9.26. The van der Waals surface area contributed by atoms with Gasteiger partial charge in [-0.25, -0.2) is 0 Å². The van der Waals surface area contributed by atoms with Crippen LogP contribution in [0.5, 0.6) is 0 Å². The second-order valence-electron chi connectivity index (χ2n) is 5.26. The summed E-state index contributed by atoms with van der Waals surface area (Å²) in [4.78, 5) is 2.46. The van der Waals surface area contributed by atoms with Crippen LogP contribution >= 0.6 is 0 Å². The zero-order chi connectivity index (χ0) is 9.47. The van der Waals surface area contributed by atoms with E-state index < -0.39 is 0 Å². The Morgan fingerprint density at radius 2 is 1.69 bits per heavy atom. The molecule has 0 aromatic carbocycles. The molecule has 13 heavy (non-hydrogen) atoms. The summed E-state index contributed by atoms with van der Waals surface area (Å²) in [5.74, 6) is 0. The van der Waals surface area contributed by atoms with Crippen LogP contribution in [-0.2, 0) is 0 Å². The number of likely N-dealkylation sites (tertiary alicyclic amines) is 1. The van der Waals surface area contributed by atoms with Crippen LogP contribution in [0.25, 0.3) is 0 Å². The monoisotopic (exact) mass is 179 g/mol. The summed E-state index contributed by atoms with van der Waals surface area (Å²) in [5.41, 5.74) is 4.05. The van der Waals surface area contributed by atoms with Gasteiger partial charge < -0.3 is 4.90 Å². The Hall–Kier alpha value is -0.300. The fraction of sp³-hybridized carbons (Fsp3) is 0.833. The highest BCUT2D eigenvalue weighted by Crippen LogP contribution is 2.52. The van der Waals surface area contributed by atoms with Gasteiger partial charge in [-0.3, -0.25) is 0 Å². The van der Waals surface area contributed by atoms with Crippen molar-refractivity contribution < 1.29 is 0 Å². The number of allylic oxidation sites excluding steroid dienone is 2. The lowest BCUT2D eigenvalue weighted by Crippen LogP contribution is -2.43. The molecule has 1 heteroatoms. The van der Waals surface area contributed by atoms with Crippen LogP contribution in [-0.4, -0.2) is 25.0 Å². The summed E-state index contributed by atoms with van der Waals surface area (Å²) in [7, 11) is 2.24. The molecule has 1 heterocycles. The van der Waals surface area contributed by atoms with Gasteiger partial charge in [0.1, 0.15) is 0 Å². The lowest BCUT2D eigenvalue weighted by Gasteiger charge is -2.49. The van der Waals surface area contributed by atoms with Crippen LogP contribution in [0.4, 0.5) is 0 Å². The molecule has 1 saturated carbocycles. The van der Waals surface area contributed by atoms with Gasteiger partial charge >= 0.3 is 0 Å². The highest BCUT2D eigenvalue weighted by Gasteiger charge is 2.42. The van der Waals surface area contributed by atoms with Crippen molar-refractivity contribution in [3.63, 3.8) is 0 Å². The maximum absolute atomic E-state index is 2.46. The second kappa shape index (κ2) is 3.13. The standard InChI is InChI=1S/C12H21N/c1-10(2)11-8-12(9-11)4-6-13(3)7-5-12/h4-9H2,1-3H3. The SMILES string of the molecule is CC(C)=C1CC2(CCN(C)CC2)C1. The first-order chi connectivity index (χ1) is 6.11. The molecule has 1 aliphatic heterocycles. The van der Waals surface area contributed by atoms with Crippen LogP contribution in [0.15, 0.2) is 11.1 Å². The zero-order valence-corrected chi connectivity index (χ0v) is 9.19. The zero-order valence-electron chi connectivity index (χ0n) is 9.19. The molecule has 1 spiro atoms. The molecular formula is C12H21N. The van der Waals surface area contributed by atoms with E-state index in [0.29, 0.717) is 0 Å². The third-order valence-electron chi connectivity index (χ3n) is 3.93. The Balaban J connectivity index is 1.94. The van der Waals surface area contributed by atoms with Crippen molar-refractivity contribution >= 4 is 0 Å². The minimum Gasteiger partial charge on any atom is -0.306 e. The summed E-state index contributed by atoms with van der Waals surface area (Å²) in [6, 6.07) is 0. The van der Waals surface area contributed by atoms with Gasteiger partial charge in [-0.1, -0.05) is 11.1 Å². The summed E-state index contributed by atoms with van der Waals surface area (Å²) < 4.78 is 0. The van der Waals surface area contributed by atoms with Crippen molar-refractivity contribution in [1.29, 1.82) is 0 Å². The second-order valence-corrected chi connectivity index (χ2v) is 5.26. The van der Waals surface area contributed by atoms with Crippen molar-refractivity contribution in [2.45, 2.75) is 39.5 Å². The van der Waals surface area contributed by atoms with Crippen LogP contribution in [0.2, 0.25) is 0 Å². The summed E-state index contributed by atoms with van der Waals surface area (Å²) in [5, 5.41) is 0. The van der Waals surface area contributed by atoms with E-state index >= 15 is 0 Å². The Bertz CT molecular complexity index is 218. The van der Waals surface area contributed by atoms with Crippen LogP contribution in [0.1, 0.15) is 39.5 Å². The van der Waals surface area contributed by atoms with E-state index in [4.69, 9.17) is 0 Å². The summed E-state index contributed by atoms with van der Waals surface area (Å²) in [6.07, 6.45) is 5.67. The van der Waals surface area contributed by atoms with Gasteiger partial charge in [0.05, 0.1) is 0 Å². The van der Waals surface area contributed by atoms with Crippen LogP contribution in [0, 0.1) is 5.41 Å². The number of rotatable bonds is 0. The average Bonchev–Trinajstić information content (AvgIpc) is 2.02. The van der Waals surface area contributed by atoms with E-state index in [-0.39, 0.29) is 0 Å². The lowest BCUT2D eigenvalue weighted by atomic mass is 9.59. The van der Waals surface area contributed by atoms with Crippen molar-refractivity contribution in [1.82, 2.24) is 4.90 Å². The first-order valence-electron chi connectivity index (χ1n) is 5.45. The minimum absolute atomic E-state index is 0.735. The average molecular weight is 179 g/mol. The topological polar surface area (TPSA) is 3.24 Å². The van der Waals surface area contributed by atoms with Gasteiger partial charge in [-0.2, -0.15) is 0 Å². The number of hydrogen-bond donors (Lipinski definition) is 0. The van der Waals surface area contributed by atoms with E-state index in [2.05, 4.69) is 25.8 Å². The third kappa shape index (κ3) is 1.67. The molecule has 0 radical (unpaired) electrons. The lowest BCUT2D eigenvalue weighted by molar-refractivity contribution is 0.0822. The molecule has 2 aliphatic rings. The molecule has 2 fully saturated rings. The molecule has 1 saturated heterocycles. The van der Waals surface area contributed by atoms with Crippen LogP contribution < -0.4 is 0 Å². The van der Waals surface area contributed by atoms with Crippen molar-refractivity contribution in [2.24, 2.45) is 5.41 Å². The van der Waals surface area contributed by atoms with Crippen molar-refractivity contribution in [3.8, 4) is 0 Å². The molecule has 0 amide bonds. The predicted molar refractivity (Wildman–Crippen MR) is 56.8 cm³/mol. The van der Waals surface area contributed by atoms with Gasteiger partial charge in [0.2, 0.25) is 0 Å². The fourth-order valence-corrected chi connectivity index (χ4v) is 2.65. The third-order valence-corrected chi connectivity index (χ3v) is 3.93. The van der Waals surface area contributed by atoms with E-state index in [1.165, 1.54) is 38.8 Å². The van der Waals surface area contributed by atoms with E-state index in [1.54, 1.807) is 11.1 Å². The van der Waals surface area contributed by atoms with Gasteiger partial charge in [0, 0.05) is 0 Å². The number of hydrogen-bond acceptors (Lipinski definition) is 1. The minimum atomic E-state index is 0.735. The molecule has 0 atom stereocenters. The Morgan fingerprint density at radius 1 is 1.15 bits per heavy atom. The Labute approximate surface area is 81.8 Å². The fourth-order valence-electron chi connectivity index (χ4n) is 2.65.